The zero-order valence-electron chi connectivity index (χ0n) is 10.3. The van der Waals surface area contributed by atoms with E-state index in [0.717, 1.165) is 31.7 Å². The van der Waals surface area contributed by atoms with Gasteiger partial charge in [-0.1, -0.05) is 11.6 Å². The summed E-state index contributed by atoms with van der Waals surface area (Å²) in [6.07, 6.45) is 2.91. The fourth-order valence-electron chi connectivity index (χ4n) is 1.64. The summed E-state index contributed by atoms with van der Waals surface area (Å²) in [6, 6.07) is 3.92. The van der Waals surface area contributed by atoms with Crippen molar-refractivity contribution < 1.29 is 0 Å². The molecule has 0 fully saturated rings. The molecule has 0 saturated heterocycles. The number of aromatic nitrogens is 1. The van der Waals surface area contributed by atoms with Gasteiger partial charge in [-0.25, -0.2) is 4.98 Å². The molecule has 1 rings (SSSR count). The lowest BCUT2D eigenvalue weighted by atomic mass is 10.3. The standard InChI is InChI=1S/C12H20ClN3/c1-4-16(9-5-8-15(2)3)11-6-7-14-12(13)10-11/h6-7,10H,4-5,8-9H2,1-3H3. The summed E-state index contributed by atoms with van der Waals surface area (Å²) in [4.78, 5) is 8.51. The van der Waals surface area contributed by atoms with E-state index in [4.69, 9.17) is 11.6 Å². The molecule has 0 aliphatic rings. The van der Waals surface area contributed by atoms with E-state index < -0.39 is 0 Å². The summed E-state index contributed by atoms with van der Waals surface area (Å²) in [6.45, 7) is 5.31. The number of anilines is 1. The summed E-state index contributed by atoms with van der Waals surface area (Å²) in [7, 11) is 4.19. The number of hydrogen-bond donors (Lipinski definition) is 0. The maximum Gasteiger partial charge on any atom is 0.131 e. The summed E-state index contributed by atoms with van der Waals surface area (Å²) >= 11 is 5.88. The van der Waals surface area contributed by atoms with Crippen LogP contribution >= 0.6 is 11.6 Å². The molecular weight excluding hydrogens is 222 g/mol. The molecule has 0 saturated carbocycles. The molecule has 0 unspecified atom stereocenters. The maximum absolute atomic E-state index is 5.88. The van der Waals surface area contributed by atoms with E-state index in [9.17, 15) is 0 Å². The summed E-state index contributed by atoms with van der Waals surface area (Å²) in [5.41, 5.74) is 1.15. The highest BCUT2D eigenvalue weighted by Crippen LogP contribution is 2.17. The molecule has 0 aromatic carbocycles. The normalized spacial score (nSPS) is 10.8. The fraction of sp³-hybridized carbons (Fsp3) is 0.583. The molecule has 0 radical (unpaired) electrons. The van der Waals surface area contributed by atoms with Crippen LogP contribution < -0.4 is 4.90 Å². The number of rotatable bonds is 6. The first-order valence-electron chi connectivity index (χ1n) is 5.64. The van der Waals surface area contributed by atoms with Crippen molar-refractivity contribution in [2.75, 3.05) is 38.6 Å². The van der Waals surface area contributed by atoms with Crippen molar-refractivity contribution in [3.05, 3.63) is 23.5 Å². The number of hydrogen-bond acceptors (Lipinski definition) is 3. The van der Waals surface area contributed by atoms with Crippen LogP contribution in [0, 0.1) is 0 Å². The van der Waals surface area contributed by atoms with Gasteiger partial charge in [0.05, 0.1) is 0 Å². The molecule has 0 bridgehead atoms. The van der Waals surface area contributed by atoms with E-state index in [1.165, 1.54) is 0 Å². The number of halogens is 1. The second kappa shape index (κ2) is 6.71. The monoisotopic (exact) mass is 241 g/mol. The third kappa shape index (κ3) is 4.37. The van der Waals surface area contributed by atoms with E-state index in [0.29, 0.717) is 5.15 Å². The molecule has 1 aromatic heterocycles. The van der Waals surface area contributed by atoms with Crippen LogP contribution in [0.2, 0.25) is 5.15 Å². The minimum absolute atomic E-state index is 0.559. The molecule has 0 atom stereocenters. The number of nitrogens with zero attached hydrogens (tertiary/aromatic N) is 3. The van der Waals surface area contributed by atoms with Gasteiger partial charge in [-0.3, -0.25) is 0 Å². The quantitative estimate of drug-likeness (QED) is 0.714. The summed E-state index contributed by atoms with van der Waals surface area (Å²) < 4.78 is 0. The van der Waals surface area contributed by atoms with Gasteiger partial charge in [0.15, 0.2) is 0 Å². The summed E-state index contributed by atoms with van der Waals surface area (Å²) in [5.74, 6) is 0. The Morgan fingerprint density at radius 1 is 1.31 bits per heavy atom. The molecule has 16 heavy (non-hydrogen) atoms. The van der Waals surface area contributed by atoms with Gasteiger partial charge in [0.25, 0.3) is 0 Å². The van der Waals surface area contributed by atoms with E-state index >= 15 is 0 Å². The van der Waals surface area contributed by atoms with Gasteiger partial charge < -0.3 is 9.80 Å². The van der Waals surface area contributed by atoms with Gasteiger partial charge in [-0.2, -0.15) is 0 Å². The second-order valence-electron chi connectivity index (χ2n) is 4.07. The average Bonchev–Trinajstić information content (AvgIpc) is 2.24. The SMILES string of the molecule is CCN(CCCN(C)C)c1ccnc(Cl)c1. The Balaban J connectivity index is 2.53. The maximum atomic E-state index is 5.88. The molecular formula is C12H20ClN3. The Kier molecular flexibility index (Phi) is 5.56. The van der Waals surface area contributed by atoms with Gasteiger partial charge in [-0.05, 0) is 46.1 Å². The Morgan fingerprint density at radius 2 is 2.06 bits per heavy atom. The number of pyridine rings is 1. The zero-order valence-corrected chi connectivity index (χ0v) is 11.0. The van der Waals surface area contributed by atoms with Crippen LogP contribution in [0.3, 0.4) is 0 Å². The lowest BCUT2D eigenvalue weighted by molar-refractivity contribution is 0.400. The van der Waals surface area contributed by atoms with Crippen LogP contribution in [0.25, 0.3) is 0 Å². The van der Waals surface area contributed by atoms with Gasteiger partial charge in [-0.15, -0.1) is 0 Å². The van der Waals surface area contributed by atoms with E-state index in [1.54, 1.807) is 6.20 Å². The minimum atomic E-state index is 0.559. The highest BCUT2D eigenvalue weighted by molar-refractivity contribution is 6.29. The van der Waals surface area contributed by atoms with Crippen LogP contribution in [-0.2, 0) is 0 Å². The highest BCUT2D eigenvalue weighted by Gasteiger charge is 2.04. The van der Waals surface area contributed by atoms with Gasteiger partial charge in [0.1, 0.15) is 5.15 Å². The Labute approximate surface area is 103 Å². The van der Waals surface area contributed by atoms with Crippen LogP contribution in [0.15, 0.2) is 18.3 Å². The largest absolute Gasteiger partial charge is 0.372 e. The van der Waals surface area contributed by atoms with Crippen molar-refractivity contribution in [3.8, 4) is 0 Å². The van der Waals surface area contributed by atoms with E-state index in [2.05, 4.69) is 35.8 Å². The first-order valence-corrected chi connectivity index (χ1v) is 6.02. The van der Waals surface area contributed by atoms with Crippen LogP contribution in [0.1, 0.15) is 13.3 Å². The van der Waals surface area contributed by atoms with Crippen molar-refractivity contribution in [1.29, 1.82) is 0 Å². The minimum Gasteiger partial charge on any atom is -0.372 e. The molecule has 0 spiro atoms. The van der Waals surface area contributed by atoms with Gasteiger partial charge in [0, 0.05) is 25.0 Å². The molecule has 0 amide bonds. The van der Waals surface area contributed by atoms with Gasteiger partial charge >= 0.3 is 0 Å². The van der Waals surface area contributed by atoms with Crippen LogP contribution in [-0.4, -0.2) is 43.6 Å². The smallest absolute Gasteiger partial charge is 0.131 e. The third-order valence-corrected chi connectivity index (χ3v) is 2.70. The molecule has 4 heteroatoms. The molecule has 1 aromatic rings. The van der Waals surface area contributed by atoms with Crippen molar-refractivity contribution in [1.82, 2.24) is 9.88 Å². The zero-order chi connectivity index (χ0) is 12.0. The van der Waals surface area contributed by atoms with Crippen molar-refractivity contribution >= 4 is 17.3 Å². The van der Waals surface area contributed by atoms with Crippen LogP contribution in [0.4, 0.5) is 5.69 Å². The highest BCUT2D eigenvalue weighted by atomic mass is 35.5. The Bertz CT molecular complexity index is 315. The first-order chi connectivity index (χ1) is 7.63. The van der Waals surface area contributed by atoms with Crippen molar-refractivity contribution in [2.45, 2.75) is 13.3 Å². The first kappa shape index (κ1) is 13.3. The molecule has 0 aliphatic carbocycles. The molecule has 0 aliphatic heterocycles. The fourth-order valence-corrected chi connectivity index (χ4v) is 1.80. The average molecular weight is 242 g/mol. The molecule has 90 valence electrons. The second-order valence-corrected chi connectivity index (χ2v) is 4.46. The predicted molar refractivity (Wildman–Crippen MR) is 70.3 cm³/mol. The Hall–Kier alpha value is -0.800. The lowest BCUT2D eigenvalue weighted by Crippen LogP contribution is -2.26. The molecule has 0 N–H and O–H groups in total. The van der Waals surface area contributed by atoms with Gasteiger partial charge in [0.2, 0.25) is 0 Å². The van der Waals surface area contributed by atoms with Crippen molar-refractivity contribution in [2.24, 2.45) is 0 Å². The summed E-state index contributed by atoms with van der Waals surface area (Å²) in [5, 5.41) is 0.559. The molecule has 3 nitrogen and oxygen atoms in total. The van der Waals surface area contributed by atoms with Crippen molar-refractivity contribution in [3.63, 3.8) is 0 Å². The van der Waals surface area contributed by atoms with E-state index in [1.807, 2.05) is 12.1 Å². The Morgan fingerprint density at radius 3 is 2.62 bits per heavy atom. The third-order valence-electron chi connectivity index (χ3n) is 2.49. The van der Waals surface area contributed by atoms with Crippen LogP contribution in [0.5, 0.6) is 0 Å². The topological polar surface area (TPSA) is 19.4 Å². The van der Waals surface area contributed by atoms with E-state index in [-0.39, 0.29) is 0 Å². The molecule has 1 heterocycles. The lowest BCUT2D eigenvalue weighted by Gasteiger charge is -2.23. The predicted octanol–water partition coefficient (Wildman–Crippen LogP) is 2.51.